The van der Waals surface area contributed by atoms with Crippen molar-refractivity contribution in [2.45, 2.75) is 45.1 Å². The Labute approximate surface area is 124 Å². The molecule has 6 nitrogen and oxygen atoms in total. The van der Waals surface area contributed by atoms with E-state index in [1.807, 2.05) is 0 Å². The molecule has 0 atom stereocenters. The van der Waals surface area contributed by atoms with Gasteiger partial charge in [-0.1, -0.05) is 27.4 Å². The number of anilines is 1. The van der Waals surface area contributed by atoms with Crippen LogP contribution in [0, 0.1) is 5.92 Å². The predicted molar refractivity (Wildman–Crippen MR) is 80.8 cm³/mol. The molecule has 2 amide bonds. The lowest BCUT2D eigenvalue weighted by molar-refractivity contribution is -0.125. The second kappa shape index (κ2) is 5.71. The molecule has 0 unspecified atom stereocenters. The third-order valence-corrected chi connectivity index (χ3v) is 3.67. The lowest BCUT2D eigenvalue weighted by atomic mass is 9.79. The van der Waals surface area contributed by atoms with Crippen LogP contribution in [-0.2, 0) is 15.0 Å². The highest BCUT2D eigenvalue weighted by Gasteiger charge is 2.35. The number of carbonyl (C=O) groups is 2. The second-order valence-electron chi connectivity index (χ2n) is 6.46. The fourth-order valence-electron chi connectivity index (χ4n) is 2.19. The van der Waals surface area contributed by atoms with Crippen molar-refractivity contribution < 1.29 is 9.59 Å². The van der Waals surface area contributed by atoms with E-state index in [9.17, 15) is 9.59 Å². The van der Waals surface area contributed by atoms with Gasteiger partial charge in [0.25, 0.3) is 0 Å². The SMILES string of the molecule is C=CC(=O)NC1CC(C(=O)Nc2ncc(C(C)(C)C)[nH]2)C1. The second-order valence-corrected chi connectivity index (χ2v) is 6.46. The minimum absolute atomic E-state index is 0.0352. The van der Waals surface area contributed by atoms with E-state index >= 15 is 0 Å². The maximum Gasteiger partial charge on any atom is 0.243 e. The summed E-state index contributed by atoms with van der Waals surface area (Å²) in [5, 5.41) is 5.56. The highest BCUT2D eigenvalue weighted by molar-refractivity contribution is 5.92. The molecule has 2 rings (SSSR count). The summed E-state index contributed by atoms with van der Waals surface area (Å²) in [5.74, 6) is 0.139. The fourth-order valence-corrected chi connectivity index (χ4v) is 2.19. The summed E-state index contributed by atoms with van der Waals surface area (Å²) in [6.07, 6.45) is 4.28. The highest BCUT2D eigenvalue weighted by atomic mass is 16.2. The molecule has 1 aromatic rings. The molecule has 0 aromatic carbocycles. The van der Waals surface area contributed by atoms with E-state index in [4.69, 9.17) is 0 Å². The number of imidazole rings is 1. The zero-order chi connectivity index (χ0) is 15.6. The van der Waals surface area contributed by atoms with E-state index in [1.54, 1.807) is 6.20 Å². The van der Waals surface area contributed by atoms with Gasteiger partial charge in [0.05, 0.1) is 6.20 Å². The number of aromatic amines is 1. The quantitative estimate of drug-likeness (QED) is 0.738. The molecule has 0 radical (unpaired) electrons. The van der Waals surface area contributed by atoms with Crippen molar-refractivity contribution in [1.82, 2.24) is 15.3 Å². The number of amides is 2. The average Bonchev–Trinajstić information content (AvgIpc) is 2.80. The Morgan fingerprint density at radius 2 is 2.10 bits per heavy atom. The van der Waals surface area contributed by atoms with Crippen molar-refractivity contribution in [2.75, 3.05) is 5.32 Å². The van der Waals surface area contributed by atoms with Gasteiger partial charge < -0.3 is 10.3 Å². The van der Waals surface area contributed by atoms with Crippen LogP contribution < -0.4 is 10.6 Å². The number of carbonyl (C=O) groups excluding carboxylic acids is 2. The Hall–Kier alpha value is -2.11. The molecule has 6 heteroatoms. The molecular weight excluding hydrogens is 268 g/mol. The molecule has 0 spiro atoms. The third kappa shape index (κ3) is 3.71. The zero-order valence-electron chi connectivity index (χ0n) is 12.7. The fraction of sp³-hybridized carbons (Fsp3) is 0.533. The van der Waals surface area contributed by atoms with Gasteiger partial charge in [0.1, 0.15) is 0 Å². The van der Waals surface area contributed by atoms with Crippen LogP contribution in [0.3, 0.4) is 0 Å². The van der Waals surface area contributed by atoms with Gasteiger partial charge >= 0.3 is 0 Å². The first-order valence-electron chi connectivity index (χ1n) is 7.09. The van der Waals surface area contributed by atoms with Crippen LogP contribution in [0.25, 0.3) is 0 Å². The summed E-state index contributed by atoms with van der Waals surface area (Å²) in [7, 11) is 0. The molecule has 0 bridgehead atoms. The number of aromatic nitrogens is 2. The van der Waals surface area contributed by atoms with Crippen LogP contribution in [-0.4, -0.2) is 27.8 Å². The van der Waals surface area contributed by atoms with Gasteiger partial charge in [-0.2, -0.15) is 0 Å². The van der Waals surface area contributed by atoms with E-state index < -0.39 is 0 Å². The highest BCUT2D eigenvalue weighted by Crippen LogP contribution is 2.28. The lowest BCUT2D eigenvalue weighted by Crippen LogP contribution is -2.47. The van der Waals surface area contributed by atoms with E-state index in [0.29, 0.717) is 18.8 Å². The molecule has 1 aliphatic carbocycles. The predicted octanol–water partition coefficient (Wildman–Crippen LogP) is 1.73. The van der Waals surface area contributed by atoms with Crippen molar-refractivity contribution in [3.63, 3.8) is 0 Å². The van der Waals surface area contributed by atoms with Gasteiger partial charge in [-0.25, -0.2) is 4.98 Å². The molecule has 21 heavy (non-hydrogen) atoms. The smallest absolute Gasteiger partial charge is 0.243 e. The molecule has 0 saturated heterocycles. The topological polar surface area (TPSA) is 86.9 Å². The summed E-state index contributed by atoms with van der Waals surface area (Å²) in [4.78, 5) is 30.5. The van der Waals surface area contributed by atoms with E-state index in [1.165, 1.54) is 6.08 Å². The lowest BCUT2D eigenvalue weighted by Gasteiger charge is -2.34. The summed E-state index contributed by atoms with van der Waals surface area (Å²) in [5.41, 5.74) is 0.939. The van der Waals surface area contributed by atoms with E-state index in [-0.39, 0.29) is 29.2 Å². The Kier molecular flexibility index (Phi) is 4.16. The molecule has 0 aliphatic heterocycles. The van der Waals surface area contributed by atoms with E-state index in [2.05, 4.69) is 48.0 Å². The molecule has 1 saturated carbocycles. The molecule has 1 aliphatic rings. The van der Waals surface area contributed by atoms with Crippen molar-refractivity contribution in [3.05, 3.63) is 24.5 Å². The van der Waals surface area contributed by atoms with Gasteiger partial charge in [-0.3, -0.25) is 14.9 Å². The minimum Gasteiger partial charge on any atom is -0.350 e. The normalized spacial score (nSPS) is 21.3. The minimum atomic E-state index is -0.195. The first-order chi connectivity index (χ1) is 9.79. The van der Waals surface area contributed by atoms with Gasteiger partial charge in [0, 0.05) is 23.1 Å². The molecule has 114 valence electrons. The Morgan fingerprint density at radius 3 is 2.62 bits per heavy atom. The molecule has 1 heterocycles. The number of nitrogens with one attached hydrogen (secondary N) is 3. The van der Waals surface area contributed by atoms with Gasteiger partial charge in [-0.05, 0) is 18.9 Å². The van der Waals surface area contributed by atoms with E-state index in [0.717, 1.165) is 5.69 Å². The number of H-pyrrole nitrogens is 1. The molecule has 3 N–H and O–H groups in total. The van der Waals surface area contributed by atoms with Crippen LogP contribution in [0.15, 0.2) is 18.9 Å². The first kappa shape index (κ1) is 15.3. The standard InChI is InChI=1S/C15H22N4O2/c1-5-12(20)17-10-6-9(7-10)13(21)19-14-16-8-11(18-14)15(2,3)4/h5,8-10H,1,6-7H2,2-4H3,(H,17,20)(H2,16,18,19,21). The maximum atomic E-state index is 12.1. The number of rotatable bonds is 4. The Morgan fingerprint density at radius 1 is 1.43 bits per heavy atom. The Bertz CT molecular complexity index is 550. The van der Waals surface area contributed by atoms with Crippen LogP contribution in [0.4, 0.5) is 5.95 Å². The summed E-state index contributed by atoms with van der Waals surface area (Å²) < 4.78 is 0. The Balaban J connectivity index is 1.82. The maximum absolute atomic E-state index is 12.1. The van der Waals surface area contributed by atoms with Crippen LogP contribution >= 0.6 is 0 Å². The summed E-state index contributed by atoms with van der Waals surface area (Å²) in [6.45, 7) is 9.62. The van der Waals surface area contributed by atoms with Crippen molar-refractivity contribution in [1.29, 1.82) is 0 Å². The van der Waals surface area contributed by atoms with Crippen LogP contribution in [0.2, 0.25) is 0 Å². The summed E-state index contributed by atoms with van der Waals surface area (Å²) in [6, 6.07) is 0.0630. The van der Waals surface area contributed by atoms with Gasteiger partial charge in [-0.15, -0.1) is 0 Å². The van der Waals surface area contributed by atoms with Crippen molar-refractivity contribution >= 4 is 17.8 Å². The number of hydrogen-bond acceptors (Lipinski definition) is 3. The number of nitrogens with zero attached hydrogens (tertiary/aromatic N) is 1. The largest absolute Gasteiger partial charge is 0.350 e. The number of hydrogen-bond donors (Lipinski definition) is 3. The summed E-state index contributed by atoms with van der Waals surface area (Å²) >= 11 is 0. The zero-order valence-corrected chi connectivity index (χ0v) is 12.7. The van der Waals surface area contributed by atoms with Crippen molar-refractivity contribution in [2.24, 2.45) is 5.92 Å². The van der Waals surface area contributed by atoms with Crippen LogP contribution in [0.5, 0.6) is 0 Å². The molecule has 1 aromatic heterocycles. The van der Waals surface area contributed by atoms with Gasteiger partial charge in [0.15, 0.2) is 0 Å². The van der Waals surface area contributed by atoms with Crippen molar-refractivity contribution in [3.8, 4) is 0 Å². The molecule has 1 fully saturated rings. The van der Waals surface area contributed by atoms with Crippen LogP contribution in [0.1, 0.15) is 39.3 Å². The van der Waals surface area contributed by atoms with Gasteiger partial charge in [0.2, 0.25) is 17.8 Å². The average molecular weight is 290 g/mol. The molecular formula is C15H22N4O2. The first-order valence-corrected chi connectivity index (χ1v) is 7.09. The monoisotopic (exact) mass is 290 g/mol. The third-order valence-electron chi connectivity index (χ3n) is 3.67.